The van der Waals surface area contributed by atoms with Gasteiger partial charge in [0.15, 0.2) is 0 Å². The first kappa shape index (κ1) is 19.4. The third-order valence-corrected chi connectivity index (χ3v) is 4.89. The molecule has 1 saturated heterocycles. The summed E-state index contributed by atoms with van der Waals surface area (Å²) in [6, 6.07) is 3.58. The lowest BCUT2D eigenvalue weighted by Gasteiger charge is -2.33. The second-order valence-corrected chi connectivity index (χ2v) is 7.16. The molecule has 7 heteroatoms. The molecule has 146 valence electrons. The summed E-state index contributed by atoms with van der Waals surface area (Å²) in [5.74, 6) is 1.74. The third kappa shape index (κ3) is 4.66. The van der Waals surface area contributed by atoms with E-state index in [1.165, 1.54) is 0 Å². The number of pyridine rings is 1. The van der Waals surface area contributed by atoms with Crippen molar-refractivity contribution in [3.05, 3.63) is 42.1 Å². The summed E-state index contributed by atoms with van der Waals surface area (Å²) in [7, 11) is 4.14. The van der Waals surface area contributed by atoms with Gasteiger partial charge in [0.2, 0.25) is 5.88 Å². The van der Waals surface area contributed by atoms with Gasteiger partial charge in [0.25, 0.3) is 5.91 Å². The van der Waals surface area contributed by atoms with Crippen LogP contribution >= 0.6 is 0 Å². The van der Waals surface area contributed by atoms with Gasteiger partial charge in [-0.3, -0.25) is 4.79 Å². The Balaban J connectivity index is 1.73. The molecule has 0 saturated carbocycles. The zero-order chi connectivity index (χ0) is 19.2. The quantitative estimate of drug-likeness (QED) is 0.747. The standard InChI is InChI=1S/C20H29N5O2/c1-4-27-19-17(8-5-9-22-19)20(26)25-11-6-7-16(15-25)18-21-10-12-24(18)14-13-23(2)3/h5,8-10,12,16H,4,6-7,11,13-15H2,1-3H3/t16-/m1/s1. The minimum absolute atomic E-state index is 0.0114. The molecule has 1 atom stereocenters. The normalized spacial score (nSPS) is 17.3. The maximum atomic E-state index is 13.1. The predicted octanol–water partition coefficient (Wildman–Crippen LogP) is 2.26. The minimum atomic E-state index is -0.0114. The van der Waals surface area contributed by atoms with Crippen molar-refractivity contribution in [2.24, 2.45) is 0 Å². The fourth-order valence-corrected chi connectivity index (χ4v) is 3.53. The lowest BCUT2D eigenvalue weighted by Crippen LogP contribution is -2.40. The number of likely N-dealkylation sites (tertiary alicyclic amines) is 1. The van der Waals surface area contributed by atoms with Gasteiger partial charge in [0.1, 0.15) is 11.4 Å². The van der Waals surface area contributed by atoms with E-state index < -0.39 is 0 Å². The largest absolute Gasteiger partial charge is 0.477 e. The average molecular weight is 371 g/mol. The molecule has 0 bridgehead atoms. The maximum Gasteiger partial charge on any atom is 0.259 e. The molecule has 1 aliphatic rings. The van der Waals surface area contributed by atoms with Crippen molar-refractivity contribution < 1.29 is 9.53 Å². The number of aromatic nitrogens is 3. The van der Waals surface area contributed by atoms with Crippen molar-refractivity contribution in [1.29, 1.82) is 0 Å². The molecule has 0 N–H and O–H groups in total. The summed E-state index contributed by atoms with van der Waals surface area (Å²) in [5, 5.41) is 0. The highest BCUT2D eigenvalue weighted by Crippen LogP contribution is 2.28. The summed E-state index contributed by atoms with van der Waals surface area (Å²) < 4.78 is 7.76. The summed E-state index contributed by atoms with van der Waals surface area (Å²) in [4.78, 5) is 26.0. The Morgan fingerprint density at radius 3 is 2.96 bits per heavy atom. The Morgan fingerprint density at radius 2 is 2.19 bits per heavy atom. The Bertz CT molecular complexity index is 758. The van der Waals surface area contributed by atoms with Crippen LogP contribution < -0.4 is 4.74 Å². The molecule has 0 aliphatic carbocycles. The molecule has 27 heavy (non-hydrogen) atoms. The fourth-order valence-electron chi connectivity index (χ4n) is 3.53. The maximum absolute atomic E-state index is 13.1. The number of nitrogens with zero attached hydrogens (tertiary/aromatic N) is 5. The highest BCUT2D eigenvalue weighted by molar-refractivity contribution is 5.96. The Labute approximate surface area is 161 Å². The summed E-state index contributed by atoms with van der Waals surface area (Å²) >= 11 is 0. The van der Waals surface area contributed by atoms with Crippen molar-refractivity contribution in [2.45, 2.75) is 32.2 Å². The zero-order valence-electron chi connectivity index (χ0n) is 16.5. The lowest BCUT2D eigenvalue weighted by atomic mass is 9.96. The van der Waals surface area contributed by atoms with Crippen LogP contribution in [0, 0.1) is 0 Å². The molecule has 1 fully saturated rings. The number of hydrogen-bond acceptors (Lipinski definition) is 5. The topological polar surface area (TPSA) is 63.5 Å². The molecule has 2 aromatic heterocycles. The Hall–Kier alpha value is -2.41. The molecule has 3 heterocycles. The zero-order valence-corrected chi connectivity index (χ0v) is 16.5. The summed E-state index contributed by atoms with van der Waals surface area (Å²) in [6.07, 6.45) is 7.58. The van der Waals surface area contributed by atoms with Crippen LogP contribution in [0.1, 0.15) is 41.9 Å². The van der Waals surface area contributed by atoms with Crippen LogP contribution in [0.3, 0.4) is 0 Å². The molecule has 0 aromatic carbocycles. The molecule has 7 nitrogen and oxygen atoms in total. The van der Waals surface area contributed by atoms with E-state index in [4.69, 9.17) is 4.74 Å². The van der Waals surface area contributed by atoms with E-state index >= 15 is 0 Å². The predicted molar refractivity (Wildman–Crippen MR) is 104 cm³/mol. The molecular formula is C20H29N5O2. The van der Waals surface area contributed by atoms with Crippen LogP contribution in [0.2, 0.25) is 0 Å². The van der Waals surface area contributed by atoms with E-state index in [1.807, 2.05) is 24.2 Å². The van der Waals surface area contributed by atoms with Crippen molar-refractivity contribution in [2.75, 3.05) is 40.3 Å². The third-order valence-electron chi connectivity index (χ3n) is 4.89. The van der Waals surface area contributed by atoms with Crippen molar-refractivity contribution in [3.63, 3.8) is 0 Å². The minimum Gasteiger partial charge on any atom is -0.477 e. The van der Waals surface area contributed by atoms with E-state index in [9.17, 15) is 4.79 Å². The number of carbonyl (C=O) groups is 1. The Kier molecular flexibility index (Phi) is 6.45. The first-order valence-electron chi connectivity index (χ1n) is 9.63. The van der Waals surface area contributed by atoms with Crippen molar-refractivity contribution in [3.8, 4) is 5.88 Å². The second-order valence-electron chi connectivity index (χ2n) is 7.16. The van der Waals surface area contributed by atoms with E-state index in [0.717, 1.165) is 38.3 Å². The average Bonchev–Trinajstić information content (AvgIpc) is 3.15. The number of piperidine rings is 1. The Morgan fingerprint density at radius 1 is 1.33 bits per heavy atom. The van der Waals surface area contributed by atoms with Gasteiger partial charge in [-0.15, -0.1) is 0 Å². The van der Waals surface area contributed by atoms with Gasteiger partial charge in [0.05, 0.1) is 6.61 Å². The van der Waals surface area contributed by atoms with Gasteiger partial charge < -0.3 is 19.1 Å². The molecule has 0 radical (unpaired) electrons. The number of imidazole rings is 1. The molecule has 2 aromatic rings. The SMILES string of the molecule is CCOc1ncccc1C(=O)N1CCC[C@@H](c2nccn2CCN(C)C)C1. The van der Waals surface area contributed by atoms with Crippen LogP contribution in [0.15, 0.2) is 30.7 Å². The van der Waals surface area contributed by atoms with E-state index in [2.05, 4.69) is 33.5 Å². The number of hydrogen-bond donors (Lipinski definition) is 0. The van der Waals surface area contributed by atoms with Gasteiger partial charge in [0, 0.05) is 50.7 Å². The number of amides is 1. The first-order valence-corrected chi connectivity index (χ1v) is 9.63. The van der Waals surface area contributed by atoms with Gasteiger partial charge >= 0.3 is 0 Å². The monoisotopic (exact) mass is 371 g/mol. The number of likely N-dealkylation sites (N-methyl/N-ethyl adjacent to an activating group) is 1. The smallest absolute Gasteiger partial charge is 0.259 e. The molecule has 1 amide bonds. The van der Waals surface area contributed by atoms with Crippen molar-refractivity contribution in [1.82, 2.24) is 24.3 Å². The molecular weight excluding hydrogens is 342 g/mol. The molecule has 3 rings (SSSR count). The van der Waals surface area contributed by atoms with Crippen LogP contribution in [0.25, 0.3) is 0 Å². The van der Waals surface area contributed by atoms with Crippen molar-refractivity contribution >= 4 is 5.91 Å². The molecule has 0 spiro atoms. The van der Waals surface area contributed by atoms with E-state index in [1.54, 1.807) is 18.3 Å². The van der Waals surface area contributed by atoms with Crippen LogP contribution in [0.4, 0.5) is 0 Å². The van der Waals surface area contributed by atoms with E-state index in [-0.39, 0.29) is 11.8 Å². The highest BCUT2D eigenvalue weighted by atomic mass is 16.5. The first-order chi connectivity index (χ1) is 13.1. The number of ether oxygens (including phenoxy) is 1. The summed E-state index contributed by atoms with van der Waals surface area (Å²) in [6.45, 7) is 5.69. The lowest BCUT2D eigenvalue weighted by molar-refractivity contribution is 0.0698. The van der Waals surface area contributed by atoms with Gasteiger partial charge in [-0.2, -0.15) is 0 Å². The van der Waals surface area contributed by atoms with Crippen LogP contribution in [-0.2, 0) is 6.54 Å². The number of rotatable bonds is 7. The van der Waals surface area contributed by atoms with Gasteiger partial charge in [-0.25, -0.2) is 9.97 Å². The van der Waals surface area contributed by atoms with E-state index in [0.29, 0.717) is 24.6 Å². The van der Waals surface area contributed by atoms with Crippen LogP contribution in [-0.4, -0.2) is 70.6 Å². The molecule has 0 unspecified atom stereocenters. The summed E-state index contributed by atoms with van der Waals surface area (Å²) in [5.41, 5.74) is 0.538. The van der Waals surface area contributed by atoms with Gasteiger partial charge in [-0.1, -0.05) is 0 Å². The van der Waals surface area contributed by atoms with Crippen LogP contribution in [0.5, 0.6) is 5.88 Å². The van der Waals surface area contributed by atoms with Gasteiger partial charge in [-0.05, 0) is 46.0 Å². The molecule has 1 aliphatic heterocycles. The fraction of sp³-hybridized carbons (Fsp3) is 0.550. The highest BCUT2D eigenvalue weighted by Gasteiger charge is 2.29. The number of carbonyl (C=O) groups excluding carboxylic acids is 1. The second kappa shape index (κ2) is 8.99.